The lowest BCUT2D eigenvalue weighted by molar-refractivity contribution is -0.116. The summed E-state index contributed by atoms with van der Waals surface area (Å²) in [7, 11) is 0. The molecule has 0 N–H and O–H groups in total. The highest BCUT2D eigenvalue weighted by molar-refractivity contribution is 9.09. The van der Waals surface area contributed by atoms with Crippen LogP contribution in [0.5, 0.6) is 0 Å². The van der Waals surface area contributed by atoms with Crippen molar-refractivity contribution in [2.45, 2.75) is 12.8 Å². The van der Waals surface area contributed by atoms with Crippen LogP contribution in [0.1, 0.15) is 12.8 Å². The number of halogens is 1. The number of hydrogen-bond acceptors (Lipinski definition) is 2. The molecule has 0 unspecified atom stereocenters. The zero-order valence-corrected chi connectivity index (χ0v) is 7.04. The molecule has 10 heavy (non-hydrogen) atoms. The average Bonchev–Trinajstić information content (AvgIpc) is 1.98. The minimum Gasteiger partial charge on any atom is -0.299 e. The summed E-state index contributed by atoms with van der Waals surface area (Å²) in [6, 6.07) is 0. The van der Waals surface area contributed by atoms with Gasteiger partial charge in [0.05, 0.1) is 5.33 Å². The first-order valence-corrected chi connectivity index (χ1v) is 4.02. The van der Waals surface area contributed by atoms with Crippen molar-refractivity contribution < 1.29 is 4.79 Å². The summed E-state index contributed by atoms with van der Waals surface area (Å²) >= 11 is 3.03. The Morgan fingerprint density at radius 3 is 2.90 bits per heavy atom. The molecule has 0 aliphatic rings. The molecule has 0 fully saturated rings. The van der Waals surface area contributed by atoms with Crippen molar-refractivity contribution in [3.05, 3.63) is 10.4 Å². The van der Waals surface area contributed by atoms with Crippen molar-refractivity contribution >= 4 is 21.7 Å². The van der Waals surface area contributed by atoms with Gasteiger partial charge in [-0.25, -0.2) is 0 Å². The van der Waals surface area contributed by atoms with Crippen molar-refractivity contribution in [1.82, 2.24) is 0 Å². The van der Waals surface area contributed by atoms with Gasteiger partial charge >= 0.3 is 0 Å². The van der Waals surface area contributed by atoms with Gasteiger partial charge in [-0.3, -0.25) is 4.79 Å². The number of azide groups is 1. The number of ketones is 1. The van der Waals surface area contributed by atoms with Crippen LogP contribution < -0.4 is 0 Å². The minimum absolute atomic E-state index is 0.146. The van der Waals surface area contributed by atoms with Crippen molar-refractivity contribution in [2.75, 3.05) is 11.9 Å². The topological polar surface area (TPSA) is 65.8 Å². The number of rotatable bonds is 5. The van der Waals surface area contributed by atoms with E-state index in [-0.39, 0.29) is 5.78 Å². The standard InChI is InChI=1S/C5H8BrN3O/c6-4-5(10)2-1-3-8-9-7/h1-4H2. The van der Waals surface area contributed by atoms with E-state index in [2.05, 4.69) is 26.0 Å². The lowest BCUT2D eigenvalue weighted by Crippen LogP contribution is -1.98. The van der Waals surface area contributed by atoms with E-state index in [0.29, 0.717) is 24.7 Å². The summed E-state index contributed by atoms with van der Waals surface area (Å²) in [6.07, 6.45) is 1.14. The van der Waals surface area contributed by atoms with Crippen LogP contribution in [0.15, 0.2) is 5.11 Å². The normalized spacial score (nSPS) is 8.50. The third-order valence-corrected chi connectivity index (χ3v) is 1.55. The van der Waals surface area contributed by atoms with E-state index in [0.717, 1.165) is 0 Å². The van der Waals surface area contributed by atoms with Gasteiger partial charge in [-0.15, -0.1) is 0 Å². The molecule has 0 aromatic carbocycles. The fourth-order valence-electron chi connectivity index (χ4n) is 0.458. The fourth-order valence-corrected chi connectivity index (χ4v) is 0.739. The van der Waals surface area contributed by atoms with Crippen molar-refractivity contribution in [3.63, 3.8) is 0 Å². The van der Waals surface area contributed by atoms with E-state index in [9.17, 15) is 4.79 Å². The van der Waals surface area contributed by atoms with E-state index in [1.54, 1.807) is 0 Å². The van der Waals surface area contributed by atoms with Crippen LogP contribution in [-0.4, -0.2) is 17.7 Å². The van der Waals surface area contributed by atoms with Crippen LogP contribution >= 0.6 is 15.9 Å². The van der Waals surface area contributed by atoms with Gasteiger partial charge in [0.1, 0.15) is 5.78 Å². The molecule has 0 spiro atoms. The number of carbonyl (C=O) groups is 1. The molecule has 0 rings (SSSR count). The Kier molecular flexibility index (Phi) is 6.22. The predicted octanol–water partition coefficient (Wildman–Crippen LogP) is 2.04. The van der Waals surface area contributed by atoms with Crippen molar-refractivity contribution in [1.29, 1.82) is 0 Å². The van der Waals surface area contributed by atoms with Gasteiger partial charge < -0.3 is 0 Å². The Hall–Kier alpha value is -0.540. The van der Waals surface area contributed by atoms with Crippen molar-refractivity contribution in [3.8, 4) is 0 Å². The third kappa shape index (κ3) is 5.59. The first-order valence-electron chi connectivity index (χ1n) is 2.89. The Morgan fingerprint density at radius 2 is 2.40 bits per heavy atom. The number of alkyl halides is 1. The van der Waals surface area contributed by atoms with Crippen LogP contribution in [0.4, 0.5) is 0 Å². The number of nitrogens with zero attached hydrogens (tertiary/aromatic N) is 3. The average molecular weight is 206 g/mol. The number of hydrogen-bond donors (Lipinski definition) is 0. The van der Waals surface area contributed by atoms with Gasteiger partial charge in [0.25, 0.3) is 0 Å². The van der Waals surface area contributed by atoms with Crippen LogP contribution in [0, 0.1) is 0 Å². The van der Waals surface area contributed by atoms with E-state index in [4.69, 9.17) is 5.53 Å². The molecule has 5 heteroatoms. The minimum atomic E-state index is 0.146. The van der Waals surface area contributed by atoms with Crippen molar-refractivity contribution in [2.24, 2.45) is 5.11 Å². The molecule has 0 saturated heterocycles. The van der Waals surface area contributed by atoms with Gasteiger partial charge in [0.2, 0.25) is 0 Å². The zero-order chi connectivity index (χ0) is 7.82. The second-order valence-corrected chi connectivity index (χ2v) is 2.29. The van der Waals surface area contributed by atoms with E-state index in [1.165, 1.54) is 0 Å². The largest absolute Gasteiger partial charge is 0.299 e. The Balaban J connectivity index is 3.19. The molecule has 0 amide bonds. The van der Waals surface area contributed by atoms with Gasteiger partial charge in [-0.2, -0.15) is 0 Å². The van der Waals surface area contributed by atoms with E-state index < -0.39 is 0 Å². The Labute approximate surface area is 67.4 Å². The zero-order valence-electron chi connectivity index (χ0n) is 5.46. The molecule has 0 saturated carbocycles. The summed E-state index contributed by atoms with van der Waals surface area (Å²) in [5.74, 6) is 0.146. The number of Topliss-reactive ketones (excluding diaryl/α,β-unsaturated/α-hetero) is 1. The summed E-state index contributed by atoms with van der Waals surface area (Å²) in [4.78, 5) is 13.2. The molecule has 0 heterocycles. The van der Waals surface area contributed by atoms with Crippen LogP contribution in [-0.2, 0) is 4.79 Å². The first kappa shape index (κ1) is 9.46. The number of carbonyl (C=O) groups excluding carboxylic acids is 1. The molecule has 0 aromatic rings. The Bertz CT molecular complexity index is 153. The first-order chi connectivity index (χ1) is 4.81. The van der Waals surface area contributed by atoms with E-state index in [1.807, 2.05) is 0 Å². The van der Waals surface area contributed by atoms with Gasteiger partial charge in [0, 0.05) is 17.9 Å². The molecule has 56 valence electrons. The third-order valence-electron chi connectivity index (χ3n) is 0.926. The van der Waals surface area contributed by atoms with Crippen LogP contribution in [0.25, 0.3) is 10.4 Å². The molecule has 0 aliphatic heterocycles. The maximum atomic E-state index is 10.6. The molecule has 0 aliphatic carbocycles. The smallest absolute Gasteiger partial charge is 0.143 e. The lowest BCUT2D eigenvalue weighted by Gasteiger charge is -1.90. The Morgan fingerprint density at radius 1 is 1.70 bits per heavy atom. The van der Waals surface area contributed by atoms with Crippen LogP contribution in [0.3, 0.4) is 0 Å². The maximum Gasteiger partial charge on any atom is 0.143 e. The van der Waals surface area contributed by atoms with E-state index >= 15 is 0 Å². The molecule has 0 radical (unpaired) electrons. The summed E-state index contributed by atoms with van der Waals surface area (Å²) in [5.41, 5.74) is 7.85. The van der Waals surface area contributed by atoms with Crippen LogP contribution in [0.2, 0.25) is 0 Å². The van der Waals surface area contributed by atoms with Gasteiger partial charge in [-0.1, -0.05) is 21.0 Å². The second kappa shape index (κ2) is 6.58. The fraction of sp³-hybridized carbons (Fsp3) is 0.800. The predicted molar refractivity (Wildman–Crippen MR) is 42.0 cm³/mol. The highest BCUT2D eigenvalue weighted by Gasteiger charge is 1.96. The summed E-state index contributed by atoms with van der Waals surface area (Å²) < 4.78 is 0. The summed E-state index contributed by atoms with van der Waals surface area (Å²) in [5, 5.41) is 3.68. The molecular formula is C5H8BrN3O. The molecule has 0 bridgehead atoms. The highest BCUT2D eigenvalue weighted by Crippen LogP contribution is 1.94. The summed E-state index contributed by atoms with van der Waals surface area (Å²) in [6.45, 7) is 0.412. The van der Waals surface area contributed by atoms with Gasteiger partial charge in [0.15, 0.2) is 0 Å². The molecule has 0 aromatic heterocycles. The molecular weight excluding hydrogens is 198 g/mol. The maximum absolute atomic E-state index is 10.6. The van der Waals surface area contributed by atoms with Gasteiger partial charge in [-0.05, 0) is 12.0 Å². The SMILES string of the molecule is [N-]=[N+]=NCCCC(=O)CBr. The monoisotopic (exact) mass is 205 g/mol. The molecule has 4 nitrogen and oxygen atoms in total. The second-order valence-electron chi connectivity index (χ2n) is 1.73. The molecule has 0 atom stereocenters. The lowest BCUT2D eigenvalue weighted by atomic mass is 10.2. The quantitative estimate of drug-likeness (QED) is 0.223. The highest BCUT2D eigenvalue weighted by atomic mass is 79.9.